The van der Waals surface area contributed by atoms with E-state index in [1.54, 1.807) is 4.68 Å². The van der Waals surface area contributed by atoms with Crippen LogP contribution in [0.2, 0.25) is 0 Å². The monoisotopic (exact) mass is 386 g/mol. The Bertz CT molecular complexity index is 1090. The van der Waals surface area contributed by atoms with Crippen molar-refractivity contribution in [1.82, 2.24) is 14.8 Å². The highest BCUT2D eigenvalue weighted by Crippen LogP contribution is 2.45. The highest BCUT2D eigenvalue weighted by atomic mass is 16.5. The van der Waals surface area contributed by atoms with Crippen LogP contribution in [-0.2, 0) is 4.79 Å². The van der Waals surface area contributed by atoms with Gasteiger partial charge in [-0.2, -0.15) is 10.1 Å². The number of allylic oxidation sites excluding steroid dienone is 2. The smallest absolute Gasteiger partial charge is 0.226 e. The van der Waals surface area contributed by atoms with E-state index in [1.165, 1.54) is 11.9 Å². The van der Waals surface area contributed by atoms with Gasteiger partial charge in [0.25, 0.3) is 0 Å². The molecule has 0 saturated carbocycles. The Kier molecular flexibility index (Phi) is 4.39. The van der Waals surface area contributed by atoms with Gasteiger partial charge in [-0.3, -0.25) is 4.79 Å². The number of para-hydroxylation sites is 1. The lowest BCUT2D eigenvalue weighted by Crippen LogP contribution is -2.33. The van der Waals surface area contributed by atoms with Crippen molar-refractivity contribution in [2.75, 3.05) is 11.9 Å². The van der Waals surface area contributed by atoms with E-state index in [1.807, 2.05) is 49.4 Å². The number of fused-ring (bicyclic) bond motifs is 1. The molecule has 6 nitrogen and oxygen atoms in total. The molecule has 2 aliphatic rings. The van der Waals surface area contributed by atoms with Gasteiger partial charge in [-0.25, -0.2) is 4.68 Å². The van der Waals surface area contributed by atoms with E-state index in [0.717, 1.165) is 29.0 Å². The molecule has 0 radical (unpaired) electrons. The Morgan fingerprint density at radius 2 is 1.90 bits per heavy atom. The van der Waals surface area contributed by atoms with Gasteiger partial charge >= 0.3 is 0 Å². The van der Waals surface area contributed by atoms with Crippen LogP contribution in [0.25, 0.3) is 0 Å². The minimum Gasteiger partial charge on any atom is -0.494 e. The molecule has 0 amide bonds. The molecular weight excluding hydrogens is 364 g/mol. The number of carbonyl (C=O) groups is 1. The molecule has 1 aromatic heterocycles. The summed E-state index contributed by atoms with van der Waals surface area (Å²) >= 11 is 0. The number of benzene rings is 2. The second kappa shape index (κ2) is 7.20. The first-order valence-corrected chi connectivity index (χ1v) is 9.95. The van der Waals surface area contributed by atoms with Crippen LogP contribution in [-0.4, -0.2) is 27.2 Å². The van der Waals surface area contributed by atoms with Crippen molar-refractivity contribution in [2.24, 2.45) is 0 Å². The van der Waals surface area contributed by atoms with Crippen molar-refractivity contribution in [3.05, 3.63) is 83.3 Å². The summed E-state index contributed by atoms with van der Waals surface area (Å²) in [5, 5.41) is 7.79. The zero-order valence-corrected chi connectivity index (χ0v) is 16.2. The summed E-state index contributed by atoms with van der Waals surface area (Å²) in [6.07, 6.45) is 2.78. The number of ether oxygens (including phenoxy) is 1. The number of aromatic nitrogens is 3. The Hall–Kier alpha value is -3.41. The number of hydrogen-bond acceptors (Lipinski definition) is 5. The van der Waals surface area contributed by atoms with Gasteiger partial charge in [0.1, 0.15) is 18.1 Å². The van der Waals surface area contributed by atoms with Gasteiger partial charge in [-0.05, 0) is 30.9 Å². The molecule has 3 aromatic rings. The molecule has 29 heavy (non-hydrogen) atoms. The molecule has 1 aliphatic carbocycles. The van der Waals surface area contributed by atoms with Gasteiger partial charge in [0.05, 0.1) is 6.61 Å². The Morgan fingerprint density at radius 3 is 2.72 bits per heavy atom. The van der Waals surface area contributed by atoms with Crippen LogP contribution in [0, 0.1) is 0 Å². The highest BCUT2D eigenvalue weighted by molar-refractivity contribution is 6.00. The van der Waals surface area contributed by atoms with E-state index >= 15 is 0 Å². The zero-order chi connectivity index (χ0) is 19.8. The minimum atomic E-state index is -0.337. The fraction of sp³-hybridized carbons (Fsp3) is 0.261. The van der Waals surface area contributed by atoms with Crippen molar-refractivity contribution in [3.63, 3.8) is 0 Å². The second-order valence-corrected chi connectivity index (χ2v) is 7.36. The summed E-state index contributed by atoms with van der Waals surface area (Å²) in [5.41, 5.74) is 3.82. The molecule has 1 aliphatic heterocycles. The van der Waals surface area contributed by atoms with E-state index in [0.29, 0.717) is 19.0 Å². The topological polar surface area (TPSA) is 69.0 Å². The third-order valence-corrected chi connectivity index (χ3v) is 5.65. The number of hydrogen-bond donors (Lipinski definition) is 1. The van der Waals surface area contributed by atoms with E-state index in [-0.39, 0.29) is 17.7 Å². The van der Waals surface area contributed by atoms with E-state index in [4.69, 9.17) is 4.74 Å². The number of ketones is 1. The van der Waals surface area contributed by atoms with Crippen LogP contribution in [0.4, 0.5) is 5.95 Å². The van der Waals surface area contributed by atoms with Crippen LogP contribution in [0.3, 0.4) is 0 Å². The molecule has 0 saturated heterocycles. The molecule has 2 heterocycles. The molecule has 0 spiro atoms. The summed E-state index contributed by atoms with van der Waals surface area (Å²) in [6.45, 7) is 2.52. The summed E-state index contributed by atoms with van der Waals surface area (Å²) < 4.78 is 7.66. The Morgan fingerprint density at radius 1 is 1.10 bits per heavy atom. The molecule has 146 valence electrons. The number of rotatable bonds is 4. The molecule has 2 aromatic carbocycles. The summed E-state index contributed by atoms with van der Waals surface area (Å²) in [7, 11) is 0. The van der Waals surface area contributed by atoms with E-state index < -0.39 is 0 Å². The first kappa shape index (κ1) is 17.7. The largest absolute Gasteiger partial charge is 0.494 e. The van der Waals surface area contributed by atoms with Gasteiger partial charge in [-0.1, -0.05) is 48.5 Å². The number of nitrogens with one attached hydrogen (secondary N) is 1. The lowest BCUT2D eigenvalue weighted by atomic mass is 9.78. The SMILES string of the molecule is CCOc1ccccc1C1C2=C(CC(c3ccccc3)CC2=O)Nc2ncnn21. The number of carbonyl (C=O) groups excluding carboxylic acids is 1. The first-order chi connectivity index (χ1) is 14.3. The lowest BCUT2D eigenvalue weighted by molar-refractivity contribution is -0.116. The van der Waals surface area contributed by atoms with Crippen molar-refractivity contribution >= 4 is 11.7 Å². The third kappa shape index (κ3) is 3.01. The maximum atomic E-state index is 13.4. The number of Topliss-reactive ketones (excluding diaryl/α,β-unsaturated/α-hetero) is 1. The summed E-state index contributed by atoms with van der Waals surface area (Å²) in [5.74, 6) is 1.73. The highest BCUT2D eigenvalue weighted by Gasteiger charge is 2.40. The summed E-state index contributed by atoms with van der Waals surface area (Å²) in [6, 6.07) is 17.8. The second-order valence-electron chi connectivity index (χ2n) is 7.36. The van der Waals surface area contributed by atoms with Crippen LogP contribution < -0.4 is 10.1 Å². The average molecular weight is 386 g/mol. The van der Waals surface area contributed by atoms with Gasteiger partial charge in [0.2, 0.25) is 5.95 Å². The third-order valence-electron chi connectivity index (χ3n) is 5.65. The van der Waals surface area contributed by atoms with Crippen molar-refractivity contribution < 1.29 is 9.53 Å². The normalized spacial score (nSPS) is 20.7. The maximum absolute atomic E-state index is 13.4. The Balaban J connectivity index is 1.62. The first-order valence-electron chi connectivity index (χ1n) is 9.95. The van der Waals surface area contributed by atoms with E-state index in [2.05, 4.69) is 27.5 Å². The fourth-order valence-electron chi connectivity index (χ4n) is 4.39. The van der Waals surface area contributed by atoms with Gasteiger partial charge < -0.3 is 10.1 Å². The van der Waals surface area contributed by atoms with Crippen LogP contribution in [0.5, 0.6) is 5.75 Å². The molecule has 2 unspecified atom stereocenters. The van der Waals surface area contributed by atoms with Crippen molar-refractivity contribution in [2.45, 2.75) is 31.7 Å². The Labute approximate surface area is 169 Å². The number of nitrogens with zero attached hydrogens (tertiary/aromatic N) is 3. The molecule has 0 bridgehead atoms. The molecule has 0 fully saturated rings. The van der Waals surface area contributed by atoms with Gasteiger partial charge in [0, 0.05) is 23.3 Å². The van der Waals surface area contributed by atoms with Crippen LogP contribution in [0.1, 0.15) is 42.9 Å². The predicted octanol–water partition coefficient (Wildman–Crippen LogP) is 4.09. The standard InChI is InChI=1S/C23H22N4O2/c1-2-29-20-11-7-6-10-17(20)22-21-18(26-23-24-14-25-27(22)23)12-16(13-19(21)28)15-8-4-3-5-9-15/h3-11,14,16,22H,2,12-13H2,1H3,(H,24,25,26). The quantitative estimate of drug-likeness (QED) is 0.731. The average Bonchev–Trinajstić information content (AvgIpc) is 3.22. The zero-order valence-electron chi connectivity index (χ0n) is 16.2. The van der Waals surface area contributed by atoms with Gasteiger partial charge in [0.15, 0.2) is 5.78 Å². The fourth-order valence-corrected chi connectivity index (χ4v) is 4.39. The van der Waals surface area contributed by atoms with E-state index in [9.17, 15) is 4.79 Å². The molecular formula is C23H22N4O2. The van der Waals surface area contributed by atoms with Crippen molar-refractivity contribution in [3.8, 4) is 5.75 Å². The van der Waals surface area contributed by atoms with Gasteiger partial charge in [-0.15, -0.1) is 0 Å². The molecule has 1 N–H and O–H groups in total. The maximum Gasteiger partial charge on any atom is 0.226 e. The number of anilines is 1. The van der Waals surface area contributed by atoms with Crippen molar-refractivity contribution in [1.29, 1.82) is 0 Å². The van der Waals surface area contributed by atoms with Crippen LogP contribution in [0.15, 0.2) is 72.2 Å². The molecule has 5 rings (SSSR count). The lowest BCUT2D eigenvalue weighted by Gasteiger charge is -2.35. The predicted molar refractivity (Wildman–Crippen MR) is 110 cm³/mol. The van der Waals surface area contributed by atoms with Crippen LogP contribution >= 0.6 is 0 Å². The molecule has 6 heteroatoms. The summed E-state index contributed by atoms with van der Waals surface area (Å²) in [4.78, 5) is 17.8. The molecule has 2 atom stereocenters. The minimum absolute atomic E-state index is 0.144.